The van der Waals surface area contributed by atoms with Crippen LogP contribution in [0.3, 0.4) is 0 Å². The Morgan fingerprint density at radius 1 is 1.39 bits per heavy atom. The van der Waals surface area contributed by atoms with Crippen molar-refractivity contribution < 1.29 is 14.3 Å². The Bertz CT molecular complexity index is 572. The summed E-state index contributed by atoms with van der Waals surface area (Å²) in [5.41, 5.74) is 1.80. The highest BCUT2D eigenvalue weighted by molar-refractivity contribution is 5.98. The fraction of sp³-hybridized carbons (Fsp3) is 0.143. The van der Waals surface area contributed by atoms with Crippen molar-refractivity contribution in [1.82, 2.24) is 4.98 Å². The Labute approximate surface area is 105 Å². The van der Waals surface area contributed by atoms with Gasteiger partial charge in [0.25, 0.3) is 0 Å². The maximum Gasteiger partial charge on any atom is 0.168 e. The van der Waals surface area contributed by atoms with Gasteiger partial charge >= 0.3 is 0 Å². The van der Waals surface area contributed by atoms with Crippen LogP contribution in [0.4, 0.5) is 0 Å². The molecule has 2 aromatic rings. The zero-order chi connectivity index (χ0) is 13.0. The lowest BCUT2D eigenvalue weighted by Crippen LogP contribution is -2.02. The van der Waals surface area contributed by atoms with E-state index >= 15 is 0 Å². The van der Waals surface area contributed by atoms with Crippen LogP contribution in [-0.2, 0) is 6.42 Å². The van der Waals surface area contributed by atoms with E-state index < -0.39 is 0 Å². The molecule has 0 aliphatic rings. The van der Waals surface area contributed by atoms with Crippen molar-refractivity contribution in [3.63, 3.8) is 0 Å². The Kier molecular flexibility index (Phi) is 3.57. The second kappa shape index (κ2) is 5.31. The summed E-state index contributed by atoms with van der Waals surface area (Å²) in [6.45, 7) is 0. The van der Waals surface area contributed by atoms with Crippen LogP contribution in [-0.4, -0.2) is 24.2 Å². The molecule has 1 aromatic heterocycles. The van der Waals surface area contributed by atoms with E-state index in [0.717, 1.165) is 11.3 Å². The van der Waals surface area contributed by atoms with Crippen LogP contribution in [0.15, 0.2) is 36.5 Å². The van der Waals surface area contributed by atoms with Gasteiger partial charge in [-0.05, 0) is 23.8 Å². The first kappa shape index (κ1) is 12.1. The number of hydrogen-bond donors (Lipinski definition) is 1. The lowest BCUT2D eigenvalue weighted by atomic mass is 10.0. The second-order valence-corrected chi connectivity index (χ2v) is 3.91. The average molecular weight is 243 g/mol. The largest absolute Gasteiger partial charge is 0.497 e. The number of ketones is 1. The third-order valence-corrected chi connectivity index (χ3v) is 2.65. The summed E-state index contributed by atoms with van der Waals surface area (Å²) in [6, 6.07) is 8.92. The number of carbonyl (C=O) groups excluding carboxylic acids is 2. The molecule has 0 atom stereocenters. The number of aromatic nitrogens is 1. The normalized spacial score (nSPS) is 10.1. The van der Waals surface area contributed by atoms with Gasteiger partial charge in [-0.1, -0.05) is 12.1 Å². The van der Waals surface area contributed by atoms with Crippen molar-refractivity contribution in [3.8, 4) is 5.75 Å². The number of carbonyl (C=O) groups is 2. The molecule has 0 unspecified atom stereocenters. The van der Waals surface area contributed by atoms with Gasteiger partial charge in [-0.25, -0.2) is 0 Å². The topological polar surface area (TPSA) is 59.2 Å². The van der Waals surface area contributed by atoms with E-state index in [0.29, 0.717) is 17.5 Å². The third kappa shape index (κ3) is 2.66. The first-order valence-electron chi connectivity index (χ1n) is 5.52. The maximum absolute atomic E-state index is 12.0. The predicted octanol–water partition coefficient (Wildman–Crippen LogP) is 2.26. The number of hydrogen-bond acceptors (Lipinski definition) is 3. The molecule has 2 rings (SSSR count). The van der Waals surface area contributed by atoms with E-state index in [1.807, 2.05) is 24.3 Å². The van der Waals surface area contributed by atoms with Crippen molar-refractivity contribution >= 4 is 12.1 Å². The fourth-order valence-corrected chi connectivity index (χ4v) is 1.71. The first-order chi connectivity index (χ1) is 8.72. The molecule has 1 N–H and O–H groups in total. The standard InChI is InChI=1S/C14H13NO3/c1-18-13-4-2-3-10(5-13)6-14(17)11-7-12(9-16)15-8-11/h2-5,7-9,15H,6H2,1H3. The van der Waals surface area contributed by atoms with Gasteiger partial charge in [-0.2, -0.15) is 0 Å². The fourth-order valence-electron chi connectivity index (χ4n) is 1.71. The Morgan fingerprint density at radius 3 is 2.89 bits per heavy atom. The number of benzene rings is 1. The molecule has 92 valence electrons. The summed E-state index contributed by atoms with van der Waals surface area (Å²) in [4.78, 5) is 25.2. The zero-order valence-corrected chi connectivity index (χ0v) is 9.97. The molecular weight excluding hydrogens is 230 g/mol. The molecule has 0 radical (unpaired) electrons. The summed E-state index contributed by atoms with van der Waals surface area (Å²) >= 11 is 0. The lowest BCUT2D eigenvalue weighted by molar-refractivity contribution is 0.0993. The predicted molar refractivity (Wildman–Crippen MR) is 67.2 cm³/mol. The minimum absolute atomic E-state index is 0.0346. The van der Waals surface area contributed by atoms with E-state index in [1.165, 1.54) is 0 Å². The molecule has 4 nitrogen and oxygen atoms in total. The minimum atomic E-state index is -0.0346. The van der Waals surface area contributed by atoms with Crippen LogP contribution in [0.2, 0.25) is 0 Å². The van der Waals surface area contributed by atoms with Gasteiger partial charge in [-0.15, -0.1) is 0 Å². The number of rotatable bonds is 5. The molecule has 18 heavy (non-hydrogen) atoms. The number of nitrogens with one attached hydrogen (secondary N) is 1. The van der Waals surface area contributed by atoms with Crippen LogP contribution >= 0.6 is 0 Å². The number of aromatic amines is 1. The number of H-pyrrole nitrogens is 1. The van der Waals surface area contributed by atoms with Gasteiger partial charge in [-0.3, -0.25) is 9.59 Å². The van der Waals surface area contributed by atoms with E-state index in [4.69, 9.17) is 4.74 Å². The zero-order valence-electron chi connectivity index (χ0n) is 9.97. The number of methoxy groups -OCH3 is 1. The van der Waals surface area contributed by atoms with Gasteiger partial charge in [0.1, 0.15) is 5.75 Å². The van der Waals surface area contributed by atoms with E-state index in [2.05, 4.69) is 4.98 Å². The molecule has 1 heterocycles. The summed E-state index contributed by atoms with van der Waals surface area (Å²) in [5, 5.41) is 0. The molecule has 1 aromatic carbocycles. The average Bonchev–Trinajstić information content (AvgIpc) is 2.88. The summed E-state index contributed by atoms with van der Waals surface area (Å²) in [7, 11) is 1.59. The summed E-state index contributed by atoms with van der Waals surface area (Å²) in [5.74, 6) is 0.690. The molecule has 0 aliphatic carbocycles. The smallest absolute Gasteiger partial charge is 0.168 e. The van der Waals surface area contributed by atoms with Crippen LogP contribution in [0.5, 0.6) is 5.75 Å². The van der Waals surface area contributed by atoms with Crippen molar-refractivity contribution in [2.45, 2.75) is 6.42 Å². The molecule has 0 aliphatic heterocycles. The van der Waals surface area contributed by atoms with Gasteiger partial charge in [0, 0.05) is 18.2 Å². The molecule has 0 saturated carbocycles. The summed E-state index contributed by atoms with van der Waals surface area (Å²) in [6.07, 6.45) is 2.52. The maximum atomic E-state index is 12.0. The molecule has 0 spiro atoms. The molecule has 0 bridgehead atoms. The van der Waals surface area contributed by atoms with Gasteiger partial charge < -0.3 is 9.72 Å². The van der Waals surface area contributed by atoms with Crippen molar-refractivity contribution in [2.24, 2.45) is 0 Å². The number of ether oxygens (including phenoxy) is 1. The summed E-state index contributed by atoms with van der Waals surface area (Å²) < 4.78 is 5.10. The Balaban J connectivity index is 2.12. The highest BCUT2D eigenvalue weighted by Crippen LogP contribution is 2.15. The Morgan fingerprint density at radius 2 is 2.22 bits per heavy atom. The van der Waals surface area contributed by atoms with Crippen molar-refractivity contribution in [3.05, 3.63) is 53.3 Å². The van der Waals surface area contributed by atoms with E-state index in [1.54, 1.807) is 19.4 Å². The monoisotopic (exact) mass is 243 g/mol. The highest BCUT2D eigenvalue weighted by Gasteiger charge is 2.09. The van der Waals surface area contributed by atoms with Crippen LogP contribution < -0.4 is 4.74 Å². The van der Waals surface area contributed by atoms with E-state index in [9.17, 15) is 9.59 Å². The second-order valence-electron chi connectivity index (χ2n) is 3.91. The molecule has 4 heteroatoms. The molecular formula is C14H13NO3. The minimum Gasteiger partial charge on any atom is -0.497 e. The van der Waals surface area contributed by atoms with Crippen molar-refractivity contribution in [1.29, 1.82) is 0 Å². The lowest BCUT2D eigenvalue weighted by Gasteiger charge is -2.03. The van der Waals surface area contributed by atoms with Crippen LogP contribution in [0.1, 0.15) is 26.4 Å². The van der Waals surface area contributed by atoms with Crippen LogP contribution in [0.25, 0.3) is 0 Å². The molecule has 0 amide bonds. The quantitative estimate of drug-likeness (QED) is 0.647. The van der Waals surface area contributed by atoms with Gasteiger partial charge in [0.05, 0.1) is 12.8 Å². The SMILES string of the molecule is COc1cccc(CC(=O)c2c[nH]c(C=O)c2)c1. The number of aldehydes is 1. The first-order valence-corrected chi connectivity index (χ1v) is 5.52. The third-order valence-electron chi connectivity index (χ3n) is 2.65. The highest BCUT2D eigenvalue weighted by atomic mass is 16.5. The Hall–Kier alpha value is -2.36. The van der Waals surface area contributed by atoms with Crippen molar-refractivity contribution in [2.75, 3.05) is 7.11 Å². The molecule has 0 fully saturated rings. The van der Waals surface area contributed by atoms with Gasteiger partial charge in [0.2, 0.25) is 0 Å². The van der Waals surface area contributed by atoms with Gasteiger partial charge in [0.15, 0.2) is 12.1 Å². The number of Topliss-reactive ketones (excluding diaryl/α,β-unsaturated/α-hetero) is 1. The molecule has 0 saturated heterocycles. The van der Waals surface area contributed by atoms with E-state index in [-0.39, 0.29) is 12.2 Å². The van der Waals surface area contributed by atoms with Crippen LogP contribution in [0, 0.1) is 0 Å².